The van der Waals surface area contributed by atoms with Crippen LogP contribution in [0.3, 0.4) is 0 Å². The summed E-state index contributed by atoms with van der Waals surface area (Å²) in [6.45, 7) is 6.34. The molecule has 0 spiro atoms. The first-order valence-corrected chi connectivity index (χ1v) is 10.1. The molecule has 0 atom stereocenters. The lowest BCUT2D eigenvalue weighted by molar-refractivity contribution is 0.102. The Balaban J connectivity index is 1.51. The Bertz CT molecular complexity index is 1250. The second kappa shape index (κ2) is 9.01. The standard InChI is InChI=1S/C23H22FN5O3/c1-4-31-17-11-9-16(10-12-17)23-26-20(15(3)32-23)13-29-14(2)21(27-28-29)22(30)25-19-8-6-5-7-18(19)24/h5-12H,4,13H2,1-3H3,(H,25,30). The van der Waals surface area contributed by atoms with Crippen molar-refractivity contribution in [3.8, 4) is 17.2 Å². The number of nitrogens with one attached hydrogen (secondary N) is 1. The lowest BCUT2D eigenvalue weighted by atomic mass is 10.2. The molecule has 164 valence electrons. The van der Waals surface area contributed by atoms with Crippen LogP contribution in [0.1, 0.15) is 34.6 Å². The number of halogens is 1. The Morgan fingerprint density at radius 1 is 1.16 bits per heavy atom. The van der Waals surface area contributed by atoms with Gasteiger partial charge < -0.3 is 14.5 Å². The highest BCUT2D eigenvalue weighted by Crippen LogP contribution is 2.25. The number of carbonyl (C=O) groups excluding carboxylic acids is 1. The highest BCUT2D eigenvalue weighted by Gasteiger charge is 2.20. The quantitative estimate of drug-likeness (QED) is 0.463. The number of oxazole rings is 1. The Labute approximate surface area is 184 Å². The SMILES string of the molecule is CCOc1ccc(-c2nc(Cn3nnc(C(=O)Nc4ccccc4F)c3C)c(C)o2)cc1. The molecule has 4 aromatic rings. The van der Waals surface area contributed by atoms with E-state index in [1.807, 2.05) is 38.1 Å². The zero-order chi connectivity index (χ0) is 22.7. The van der Waals surface area contributed by atoms with Crippen LogP contribution >= 0.6 is 0 Å². The minimum Gasteiger partial charge on any atom is -0.494 e. The van der Waals surface area contributed by atoms with Gasteiger partial charge in [-0.05, 0) is 57.2 Å². The number of aryl methyl sites for hydroxylation is 1. The van der Waals surface area contributed by atoms with Crippen LogP contribution in [-0.4, -0.2) is 32.5 Å². The molecule has 0 aliphatic carbocycles. The topological polar surface area (TPSA) is 95.1 Å². The van der Waals surface area contributed by atoms with Crippen molar-refractivity contribution < 1.29 is 18.3 Å². The molecule has 1 N–H and O–H groups in total. The molecule has 9 heteroatoms. The van der Waals surface area contributed by atoms with E-state index in [0.29, 0.717) is 29.6 Å². The second-order valence-corrected chi connectivity index (χ2v) is 7.09. The molecular formula is C23H22FN5O3. The second-order valence-electron chi connectivity index (χ2n) is 7.09. The van der Waals surface area contributed by atoms with Crippen molar-refractivity contribution in [3.05, 3.63) is 77.2 Å². The van der Waals surface area contributed by atoms with Crippen molar-refractivity contribution in [2.45, 2.75) is 27.3 Å². The molecular weight excluding hydrogens is 413 g/mol. The van der Waals surface area contributed by atoms with Gasteiger partial charge in [-0.3, -0.25) is 4.79 Å². The van der Waals surface area contributed by atoms with Gasteiger partial charge in [-0.25, -0.2) is 14.1 Å². The zero-order valence-electron chi connectivity index (χ0n) is 17.9. The third-order valence-corrected chi connectivity index (χ3v) is 4.92. The number of rotatable bonds is 7. The van der Waals surface area contributed by atoms with E-state index in [0.717, 1.165) is 11.3 Å². The van der Waals surface area contributed by atoms with Crippen LogP contribution in [0.5, 0.6) is 5.75 Å². The maximum Gasteiger partial charge on any atom is 0.278 e. The zero-order valence-corrected chi connectivity index (χ0v) is 17.9. The summed E-state index contributed by atoms with van der Waals surface area (Å²) < 4.78 is 26.7. The number of ether oxygens (including phenoxy) is 1. The average Bonchev–Trinajstić information content (AvgIpc) is 3.33. The van der Waals surface area contributed by atoms with Gasteiger partial charge in [0.1, 0.15) is 23.0 Å². The Morgan fingerprint density at radius 2 is 1.91 bits per heavy atom. The van der Waals surface area contributed by atoms with Gasteiger partial charge in [-0.1, -0.05) is 17.3 Å². The van der Waals surface area contributed by atoms with Crippen molar-refractivity contribution in [1.82, 2.24) is 20.0 Å². The number of hydrogen-bond acceptors (Lipinski definition) is 6. The number of carbonyl (C=O) groups is 1. The molecule has 0 aliphatic heterocycles. The van der Waals surface area contributed by atoms with Gasteiger partial charge >= 0.3 is 0 Å². The molecule has 4 rings (SSSR count). The van der Waals surface area contributed by atoms with E-state index in [9.17, 15) is 9.18 Å². The van der Waals surface area contributed by atoms with Crippen LogP contribution < -0.4 is 10.1 Å². The van der Waals surface area contributed by atoms with Crippen LogP contribution in [0.25, 0.3) is 11.5 Å². The number of amides is 1. The Kier molecular flexibility index (Phi) is 5.98. The molecule has 0 saturated heterocycles. The maximum absolute atomic E-state index is 13.8. The van der Waals surface area contributed by atoms with Crippen LogP contribution in [0.15, 0.2) is 52.9 Å². The third kappa shape index (κ3) is 4.36. The van der Waals surface area contributed by atoms with Crippen LogP contribution in [0.4, 0.5) is 10.1 Å². The van der Waals surface area contributed by atoms with Crippen molar-refractivity contribution in [2.24, 2.45) is 0 Å². The lowest BCUT2D eigenvalue weighted by Gasteiger charge is -2.05. The van der Waals surface area contributed by atoms with E-state index in [2.05, 4.69) is 20.6 Å². The molecule has 32 heavy (non-hydrogen) atoms. The maximum atomic E-state index is 13.8. The summed E-state index contributed by atoms with van der Waals surface area (Å²) in [7, 11) is 0. The summed E-state index contributed by atoms with van der Waals surface area (Å²) >= 11 is 0. The molecule has 0 radical (unpaired) electrons. The number of para-hydroxylation sites is 1. The van der Waals surface area contributed by atoms with Gasteiger partial charge in [0.2, 0.25) is 5.89 Å². The van der Waals surface area contributed by atoms with Gasteiger partial charge in [0.15, 0.2) is 5.69 Å². The van der Waals surface area contributed by atoms with Gasteiger partial charge in [0.05, 0.1) is 24.5 Å². The predicted molar refractivity (Wildman–Crippen MR) is 116 cm³/mol. The summed E-state index contributed by atoms with van der Waals surface area (Å²) in [6.07, 6.45) is 0. The summed E-state index contributed by atoms with van der Waals surface area (Å²) in [6, 6.07) is 13.4. The number of hydrogen-bond donors (Lipinski definition) is 1. The van der Waals surface area contributed by atoms with E-state index in [1.165, 1.54) is 12.1 Å². The average molecular weight is 435 g/mol. The van der Waals surface area contributed by atoms with Crippen LogP contribution in [-0.2, 0) is 6.54 Å². The summed E-state index contributed by atoms with van der Waals surface area (Å²) in [4.78, 5) is 17.1. The highest BCUT2D eigenvalue weighted by molar-refractivity contribution is 6.03. The molecule has 2 heterocycles. The molecule has 0 saturated carbocycles. The van der Waals surface area contributed by atoms with Crippen molar-refractivity contribution in [2.75, 3.05) is 11.9 Å². The molecule has 1 amide bonds. The Hall–Kier alpha value is -4.01. The van der Waals surface area contributed by atoms with Crippen molar-refractivity contribution in [1.29, 1.82) is 0 Å². The van der Waals surface area contributed by atoms with Crippen LogP contribution in [0, 0.1) is 19.7 Å². The van der Waals surface area contributed by atoms with Gasteiger partial charge in [-0.2, -0.15) is 0 Å². The monoisotopic (exact) mass is 435 g/mol. The Morgan fingerprint density at radius 3 is 2.62 bits per heavy atom. The highest BCUT2D eigenvalue weighted by atomic mass is 19.1. The first-order valence-electron chi connectivity index (χ1n) is 10.1. The predicted octanol–water partition coefficient (Wildman–Crippen LogP) is 4.39. The third-order valence-electron chi connectivity index (χ3n) is 4.92. The molecule has 0 aliphatic rings. The fourth-order valence-electron chi connectivity index (χ4n) is 3.16. The fraction of sp³-hybridized carbons (Fsp3) is 0.217. The summed E-state index contributed by atoms with van der Waals surface area (Å²) in [5, 5.41) is 10.6. The molecule has 0 unspecified atom stereocenters. The van der Waals surface area contributed by atoms with E-state index in [4.69, 9.17) is 9.15 Å². The van der Waals surface area contributed by atoms with Crippen molar-refractivity contribution >= 4 is 11.6 Å². The van der Waals surface area contributed by atoms with Gasteiger partial charge in [0, 0.05) is 5.56 Å². The minimum atomic E-state index is -0.536. The number of benzene rings is 2. The van der Waals surface area contributed by atoms with Crippen molar-refractivity contribution in [3.63, 3.8) is 0 Å². The van der Waals surface area contributed by atoms with Gasteiger partial charge in [-0.15, -0.1) is 5.10 Å². The van der Waals surface area contributed by atoms with Crippen LogP contribution in [0.2, 0.25) is 0 Å². The van der Waals surface area contributed by atoms with E-state index in [1.54, 1.807) is 23.7 Å². The summed E-state index contributed by atoms with van der Waals surface area (Å²) in [5.41, 5.74) is 2.22. The van der Waals surface area contributed by atoms with E-state index in [-0.39, 0.29) is 17.9 Å². The molecule has 0 fully saturated rings. The largest absolute Gasteiger partial charge is 0.494 e. The first kappa shape index (κ1) is 21.2. The smallest absolute Gasteiger partial charge is 0.278 e. The first-order chi connectivity index (χ1) is 15.5. The fourth-order valence-corrected chi connectivity index (χ4v) is 3.16. The molecule has 8 nitrogen and oxygen atoms in total. The number of aromatic nitrogens is 4. The molecule has 2 aromatic heterocycles. The minimum absolute atomic E-state index is 0.0822. The van der Waals surface area contributed by atoms with Gasteiger partial charge in [0.25, 0.3) is 5.91 Å². The molecule has 2 aromatic carbocycles. The summed E-state index contributed by atoms with van der Waals surface area (Å²) in [5.74, 6) is 0.841. The number of anilines is 1. The lowest BCUT2D eigenvalue weighted by Crippen LogP contribution is -2.15. The van der Waals surface area contributed by atoms with E-state index >= 15 is 0 Å². The molecule has 0 bridgehead atoms. The van der Waals surface area contributed by atoms with E-state index < -0.39 is 11.7 Å². The number of nitrogens with zero attached hydrogens (tertiary/aromatic N) is 4. The normalized spacial score (nSPS) is 10.9.